The molecule has 2 aromatic rings. The van der Waals surface area contributed by atoms with Gasteiger partial charge >= 0.3 is 6.09 Å². The Balaban J connectivity index is 1.35. The number of benzene rings is 2. The second-order valence-electron chi connectivity index (χ2n) is 8.99. The normalized spacial score (nSPS) is 15.5. The number of ether oxygens (including phenoxy) is 2. The molecule has 0 aromatic heterocycles. The Morgan fingerprint density at radius 1 is 0.969 bits per heavy atom. The Hall–Kier alpha value is -2.86. The van der Waals surface area contributed by atoms with Gasteiger partial charge in [-0.25, -0.2) is 4.79 Å². The molecule has 1 saturated heterocycles. The summed E-state index contributed by atoms with van der Waals surface area (Å²) in [4.78, 5) is 19.3. The van der Waals surface area contributed by atoms with Crippen LogP contribution in [0.1, 0.15) is 46.1 Å². The van der Waals surface area contributed by atoms with E-state index in [1.54, 1.807) is 4.90 Å². The predicted molar refractivity (Wildman–Crippen MR) is 127 cm³/mol. The third kappa shape index (κ3) is 7.38. The van der Waals surface area contributed by atoms with Crippen LogP contribution < -0.4 is 0 Å². The van der Waals surface area contributed by atoms with Crippen LogP contribution in [-0.2, 0) is 14.3 Å². The molecule has 172 valence electrons. The molecule has 3 rings (SSSR count). The number of carbonyl (C=O) groups is 1. The number of rotatable bonds is 7. The van der Waals surface area contributed by atoms with Crippen LogP contribution in [0.2, 0.25) is 0 Å². The fourth-order valence-electron chi connectivity index (χ4n) is 3.51. The van der Waals surface area contributed by atoms with Crippen molar-refractivity contribution in [1.82, 2.24) is 4.90 Å². The second kappa shape index (κ2) is 11.1. The quantitative estimate of drug-likeness (QED) is 0.325. The first-order valence-corrected chi connectivity index (χ1v) is 11.2. The highest BCUT2D eigenvalue weighted by Gasteiger charge is 2.27. The minimum atomic E-state index is -0.468. The van der Waals surface area contributed by atoms with Crippen molar-refractivity contribution in [2.24, 2.45) is 5.16 Å². The molecule has 0 bridgehead atoms. The summed E-state index contributed by atoms with van der Waals surface area (Å²) in [6, 6.07) is 18.6. The molecule has 1 amide bonds. The van der Waals surface area contributed by atoms with Crippen molar-refractivity contribution in [2.45, 2.75) is 52.2 Å². The largest absolute Gasteiger partial charge is 0.444 e. The SMILES string of the molecule is CC(=NOCCOC1CCN(C(=O)OC(C)(C)C)CC1)c1ccc(-c2ccccc2)cc1. The standard InChI is InChI=1S/C26H34N2O4/c1-20(21-10-12-23(13-11-21)22-8-6-5-7-9-22)27-31-19-18-30-24-14-16-28(17-15-24)25(29)32-26(2,3)4/h5-13,24H,14-19H2,1-4H3. The topological polar surface area (TPSA) is 60.4 Å². The van der Waals surface area contributed by atoms with Gasteiger partial charge < -0.3 is 19.2 Å². The number of nitrogens with zero attached hydrogens (tertiary/aromatic N) is 2. The van der Waals surface area contributed by atoms with Crippen molar-refractivity contribution in [3.05, 3.63) is 60.2 Å². The maximum Gasteiger partial charge on any atom is 0.410 e. The highest BCUT2D eigenvalue weighted by Crippen LogP contribution is 2.20. The third-order valence-electron chi connectivity index (χ3n) is 5.23. The average Bonchev–Trinajstić information content (AvgIpc) is 2.78. The van der Waals surface area contributed by atoms with E-state index in [-0.39, 0.29) is 12.2 Å². The third-order valence-corrected chi connectivity index (χ3v) is 5.23. The summed E-state index contributed by atoms with van der Waals surface area (Å²) in [6.07, 6.45) is 1.48. The summed E-state index contributed by atoms with van der Waals surface area (Å²) in [5.74, 6) is 0. The molecule has 6 heteroatoms. The van der Waals surface area contributed by atoms with Crippen LogP contribution in [0.3, 0.4) is 0 Å². The van der Waals surface area contributed by atoms with Crippen molar-refractivity contribution in [2.75, 3.05) is 26.3 Å². The molecule has 32 heavy (non-hydrogen) atoms. The summed E-state index contributed by atoms with van der Waals surface area (Å²) in [7, 11) is 0. The zero-order chi connectivity index (χ0) is 23.0. The maximum absolute atomic E-state index is 12.1. The number of amides is 1. The second-order valence-corrected chi connectivity index (χ2v) is 8.99. The number of carbonyl (C=O) groups excluding carboxylic acids is 1. The lowest BCUT2D eigenvalue weighted by Crippen LogP contribution is -2.43. The smallest absolute Gasteiger partial charge is 0.410 e. The van der Waals surface area contributed by atoms with Gasteiger partial charge in [0.1, 0.15) is 12.2 Å². The Morgan fingerprint density at radius 3 is 2.22 bits per heavy atom. The van der Waals surface area contributed by atoms with Crippen molar-refractivity contribution in [3.8, 4) is 11.1 Å². The summed E-state index contributed by atoms with van der Waals surface area (Å²) in [5, 5.41) is 4.22. The lowest BCUT2D eigenvalue weighted by molar-refractivity contribution is -0.0287. The number of likely N-dealkylation sites (tertiary alicyclic amines) is 1. The van der Waals surface area contributed by atoms with Gasteiger partial charge in [0.2, 0.25) is 0 Å². The van der Waals surface area contributed by atoms with E-state index in [9.17, 15) is 4.79 Å². The lowest BCUT2D eigenvalue weighted by Gasteiger charge is -2.33. The van der Waals surface area contributed by atoms with Gasteiger partial charge in [-0.3, -0.25) is 0 Å². The Morgan fingerprint density at radius 2 is 1.59 bits per heavy atom. The fraction of sp³-hybridized carbons (Fsp3) is 0.462. The monoisotopic (exact) mass is 438 g/mol. The van der Waals surface area contributed by atoms with Crippen molar-refractivity contribution >= 4 is 11.8 Å². The van der Waals surface area contributed by atoms with Crippen LogP contribution in [0, 0.1) is 0 Å². The van der Waals surface area contributed by atoms with E-state index >= 15 is 0 Å². The van der Waals surface area contributed by atoms with Gasteiger partial charge in [-0.05, 0) is 57.2 Å². The number of hydrogen-bond donors (Lipinski definition) is 0. The summed E-state index contributed by atoms with van der Waals surface area (Å²) in [6.45, 7) is 9.74. The molecular weight excluding hydrogens is 404 g/mol. The minimum absolute atomic E-state index is 0.132. The van der Waals surface area contributed by atoms with Gasteiger partial charge in [0, 0.05) is 13.1 Å². The van der Waals surface area contributed by atoms with Crippen LogP contribution in [0.4, 0.5) is 4.79 Å². The highest BCUT2D eigenvalue weighted by atomic mass is 16.6. The van der Waals surface area contributed by atoms with E-state index in [0.717, 1.165) is 24.1 Å². The first kappa shape index (κ1) is 23.8. The zero-order valence-electron chi connectivity index (χ0n) is 19.5. The van der Waals surface area contributed by atoms with E-state index < -0.39 is 5.60 Å². The first-order chi connectivity index (χ1) is 15.3. The fourth-order valence-corrected chi connectivity index (χ4v) is 3.51. The van der Waals surface area contributed by atoms with E-state index in [1.807, 2.05) is 45.9 Å². The Kier molecular flexibility index (Phi) is 8.28. The van der Waals surface area contributed by atoms with Gasteiger partial charge in [-0.2, -0.15) is 0 Å². The maximum atomic E-state index is 12.1. The molecule has 0 radical (unpaired) electrons. The summed E-state index contributed by atoms with van der Waals surface area (Å²) < 4.78 is 11.3. The molecule has 0 N–H and O–H groups in total. The van der Waals surface area contributed by atoms with Gasteiger partial charge in [-0.1, -0.05) is 59.8 Å². The van der Waals surface area contributed by atoms with Crippen LogP contribution in [0.5, 0.6) is 0 Å². The average molecular weight is 439 g/mol. The van der Waals surface area contributed by atoms with Crippen molar-refractivity contribution in [3.63, 3.8) is 0 Å². The molecule has 0 unspecified atom stereocenters. The van der Waals surface area contributed by atoms with Gasteiger partial charge in [-0.15, -0.1) is 0 Å². The first-order valence-electron chi connectivity index (χ1n) is 11.2. The molecular formula is C26H34N2O4. The van der Waals surface area contributed by atoms with Gasteiger partial charge in [0.15, 0.2) is 0 Å². The molecule has 0 atom stereocenters. The summed E-state index contributed by atoms with van der Waals surface area (Å²) >= 11 is 0. The van der Waals surface area contributed by atoms with E-state index in [2.05, 4.69) is 41.6 Å². The molecule has 0 spiro atoms. The zero-order valence-corrected chi connectivity index (χ0v) is 19.5. The minimum Gasteiger partial charge on any atom is -0.444 e. The number of oxime groups is 1. The molecule has 6 nitrogen and oxygen atoms in total. The van der Waals surface area contributed by atoms with Gasteiger partial charge in [0.25, 0.3) is 0 Å². The van der Waals surface area contributed by atoms with E-state index in [1.165, 1.54) is 11.1 Å². The summed E-state index contributed by atoms with van der Waals surface area (Å²) in [5.41, 5.74) is 3.76. The molecule has 1 aliphatic heterocycles. The van der Waals surface area contributed by atoms with E-state index in [4.69, 9.17) is 14.3 Å². The Labute approximate surface area is 191 Å². The molecule has 1 fully saturated rings. The molecule has 0 aliphatic carbocycles. The Bertz CT molecular complexity index is 880. The van der Waals surface area contributed by atoms with Gasteiger partial charge in [0.05, 0.1) is 18.4 Å². The molecule has 1 aliphatic rings. The van der Waals surface area contributed by atoms with E-state index in [0.29, 0.717) is 26.3 Å². The van der Waals surface area contributed by atoms with Crippen LogP contribution in [-0.4, -0.2) is 54.7 Å². The van der Waals surface area contributed by atoms with Crippen molar-refractivity contribution < 1.29 is 19.1 Å². The molecule has 2 aromatic carbocycles. The predicted octanol–water partition coefficient (Wildman–Crippen LogP) is 5.51. The van der Waals surface area contributed by atoms with Crippen LogP contribution in [0.15, 0.2) is 59.8 Å². The number of hydrogen-bond acceptors (Lipinski definition) is 5. The molecule has 1 heterocycles. The molecule has 0 saturated carbocycles. The number of piperidine rings is 1. The lowest BCUT2D eigenvalue weighted by atomic mass is 10.0. The van der Waals surface area contributed by atoms with Crippen LogP contribution >= 0.6 is 0 Å². The highest BCUT2D eigenvalue weighted by molar-refractivity contribution is 5.98. The van der Waals surface area contributed by atoms with Crippen LogP contribution in [0.25, 0.3) is 11.1 Å². The van der Waals surface area contributed by atoms with Crippen molar-refractivity contribution in [1.29, 1.82) is 0 Å².